The molecule has 0 aromatic carbocycles. The van der Waals surface area contributed by atoms with Gasteiger partial charge in [0.15, 0.2) is 0 Å². The molecule has 1 aromatic heterocycles. The Labute approximate surface area is 88.4 Å². The monoisotopic (exact) mass is 209 g/mol. The first-order chi connectivity index (χ1) is 7.29. The molecule has 15 heavy (non-hydrogen) atoms. The van der Waals surface area contributed by atoms with E-state index in [1.807, 2.05) is 7.05 Å². The van der Waals surface area contributed by atoms with E-state index in [4.69, 9.17) is 4.52 Å². The lowest BCUT2D eigenvalue weighted by Gasteiger charge is -2.30. The number of aromatic nitrogens is 1. The van der Waals surface area contributed by atoms with E-state index in [1.54, 1.807) is 11.0 Å². The zero-order valence-corrected chi connectivity index (χ0v) is 8.77. The van der Waals surface area contributed by atoms with Crippen LogP contribution in [0.15, 0.2) is 16.8 Å². The van der Waals surface area contributed by atoms with E-state index >= 15 is 0 Å². The molecule has 1 saturated heterocycles. The van der Waals surface area contributed by atoms with Gasteiger partial charge in [0.2, 0.25) is 5.76 Å². The highest BCUT2D eigenvalue weighted by Gasteiger charge is 2.24. The van der Waals surface area contributed by atoms with Crippen molar-refractivity contribution in [3.8, 4) is 0 Å². The third kappa shape index (κ3) is 2.18. The van der Waals surface area contributed by atoms with Crippen LogP contribution in [0, 0.1) is 0 Å². The number of nitrogens with zero attached hydrogens (tertiary/aromatic N) is 2. The summed E-state index contributed by atoms with van der Waals surface area (Å²) in [4.78, 5) is 13.6. The van der Waals surface area contributed by atoms with Crippen LogP contribution in [0.3, 0.4) is 0 Å². The number of rotatable bonds is 2. The molecule has 0 saturated carbocycles. The maximum atomic E-state index is 11.9. The van der Waals surface area contributed by atoms with Crippen molar-refractivity contribution in [1.29, 1.82) is 0 Å². The second kappa shape index (κ2) is 4.44. The summed E-state index contributed by atoms with van der Waals surface area (Å²) >= 11 is 0. The molecule has 1 N–H and O–H groups in total. The van der Waals surface area contributed by atoms with Crippen molar-refractivity contribution in [1.82, 2.24) is 15.4 Å². The maximum absolute atomic E-state index is 11.9. The van der Waals surface area contributed by atoms with E-state index in [-0.39, 0.29) is 5.91 Å². The molecule has 0 unspecified atom stereocenters. The van der Waals surface area contributed by atoms with Crippen LogP contribution in [0.2, 0.25) is 0 Å². The number of carbonyl (C=O) groups is 1. The van der Waals surface area contributed by atoms with Gasteiger partial charge in [-0.25, -0.2) is 0 Å². The molecule has 0 bridgehead atoms. The average Bonchev–Trinajstić information content (AvgIpc) is 2.82. The van der Waals surface area contributed by atoms with Crippen LogP contribution in [-0.4, -0.2) is 42.1 Å². The van der Waals surface area contributed by atoms with Gasteiger partial charge in [-0.2, -0.15) is 0 Å². The van der Waals surface area contributed by atoms with Gasteiger partial charge in [-0.05, 0) is 25.9 Å². The smallest absolute Gasteiger partial charge is 0.292 e. The summed E-state index contributed by atoms with van der Waals surface area (Å²) in [6.45, 7) is 1.94. The quantitative estimate of drug-likeness (QED) is 0.770. The largest absolute Gasteiger partial charge is 0.351 e. The van der Waals surface area contributed by atoms with Crippen molar-refractivity contribution in [2.45, 2.75) is 18.9 Å². The first kappa shape index (κ1) is 10.2. The third-order valence-corrected chi connectivity index (χ3v) is 2.83. The number of hydrogen-bond acceptors (Lipinski definition) is 4. The lowest BCUT2D eigenvalue weighted by atomic mass is 10.1. The zero-order chi connectivity index (χ0) is 10.7. The van der Waals surface area contributed by atoms with E-state index < -0.39 is 0 Å². The summed E-state index contributed by atoms with van der Waals surface area (Å²) in [7, 11) is 1.82. The van der Waals surface area contributed by atoms with Gasteiger partial charge in [-0.1, -0.05) is 5.16 Å². The average molecular weight is 209 g/mol. The molecule has 0 radical (unpaired) electrons. The summed E-state index contributed by atoms with van der Waals surface area (Å²) in [5, 5.41) is 6.81. The Bertz CT molecular complexity index is 317. The molecule has 1 aromatic rings. The maximum Gasteiger partial charge on any atom is 0.292 e. The molecule has 1 aliphatic heterocycles. The number of nitrogens with one attached hydrogen (secondary N) is 1. The molecule has 1 fully saturated rings. The zero-order valence-electron chi connectivity index (χ0n) is 8.77. The van der Waals surface area contributed by atoms with Crippen molar-refractivity contribution in [2.75, 3.05) is 20.1 Å². The Hall–Kier alpha value is -1.36. The fourth-order valence-electron chi connectivity index (χ4n) is 1.86. The molecule has 0 aliphatic carbocycles. The Morgan fingerprint density at radius 2 is 2.33 bits per heavy atom. The Morgan fingerprint density at radius 3 is 2.93 bits per heavy atom. The van der Waals surface area contributed by atoms with Gasteiger partial charge in [0, 0.05) is 19.2 Å². The van der Waals surface area contributed by atoms with Gasteiger partial charge >= 0.3 is 0 Å². The number of carbonyl (C=O) groups excluding carboxylic acids is 1. The highest BCUT2D eigenvalue weighted by atomic mass is 16.5. The summed E-state index contributed by atoms with van der Waals surface area (Å²) in [5.74, 6) is 0.232. The summed E-state index contributed by atoms with van der Waals surface area (Å²) in [6, 6.07) is 1.91. The summed E-state index contributed by atoms with van der Waals surface area (Å²) < 4.78 is 4.85. The van der Waals surface area contributed by atoms with Gasteiger partial charge < -0.3 is 14.7 Å². The molecular formula is C10H15N3O2. The number of piperidine rings is 1. The molecule has 1 aliphatic rings. The minimum Gasteiger partial charge on any atom is -0.351 e. The van der Waals surface area contributed by atoms with E-state index in [1.165, 1.54) is 6.20 Å². The highest BCUT2D eigenvalue weighted by molar-refractivity contribution is 5.91. The Morgan fingerprint density at radius 1 is 1.60 bits per heavy atom. The molecule has 2 rings (SSSR count). The van der Waals surface area contributed by atoms with Gasteiger partial charge in [0.1, 0.15) is 0 Å². The van der Waals surface area contributed by atoms with Gasteiger partial charge in [-0.3, -0.25) is 4.79 Å². The highest BCUT2D eigenvalue weighted by Crippen LogP contribution is 2.13. The van der Waals surface area contributed by atoms with Crippen LogP contribution in [0.1, 0.15) is 23.4 Å². The molecule has 1 amide bonds. The van der Waals surface area contributed by atoms with Crippen molar-refractivity contribution in [2.24, 2.45) is 0 Å². The second-order valence-electron chi connectivity index (χ2n) is 3.77. The van der Waals surface area contributed by atoms with Crippen molar-refractivity contribution in [3.05, 3.63) is 18.0 Å². The van der Waals surface area contributed by atoms with Crippen LogP contribution >= 0.6 is 0 Å². The topological polar surface area (TPSA) is 58.4 Å². The normalized spacial score (nSPS) is 17.7. The summed E-state index contributed by atoms with van der Waals surface area (Å²) in [5.41, 5.74) is 0. The first-order valence-electron chi connectivity index (χ1n) is 5.17. The second-order valence-corrected chi connectivity index (χ2v) is 3.77. The first-order valence-corrected chi connectivity index (χ1v) is 5.17. The Balaban J connectivity index is 2.00. The molecular weight excluding hydrogens is 194 g/mol. The van der Waals surface area contributed by atoms with Gasteiger partial charge in [0.05, 0.1) is 6.20 Å². The van der Waals surface area contributed by atoms with E-state index in [0.29, 0.717) is 11.8 Å². The fraction of sp³-hybridized carbons (Fsp3) is 0.600. The standard InChI is InChI=1S/C10H15N3O2/c1-13(8-2-5-11-6-3-8)10(14)9-4-7-12-15-9/h4,7-8,11H,2-3,5-6H2,1H3. The number of hydrogen-bond donors (Lipinski definition) is 1. The molecule has 2 heterocycles. The van der Waals surface area contributed by atoms with Gasteiger partial charge in [0.25, 0.3) is 5.91 Å². The fourth-order valence-corrected chi connectivity index (χ4v) is 1.86. The summed E-state index contributed by atoms with van der Waals surface area (Å²) in [6.07, 6.45) is 3.48. The van der Waals surface area contributed by atoms with Crippen LogP contribution in [0.4, 0.5) is 0 Å². The van der Waals surface area contributed by atoms with Crippen LogP contribution in [-0.2, 0) is 0 Å². The van der Waals surface area contributed by atoms with Crippen LogP contribution in [0.5, 0.6) is 0 Å². The van der Waals surface area contributed by atoms with Gasteiger partial charge in [-0.15, -0.1) is 0 Å². The van der Waals surface area contributed by atoms with Crippen LogP contribution in [0.25, 0.3) is 0 Å². The van der Waals surface area contributed by atoms with E-state index in [0.717, 1.165) is 25.9 Å². The van der Waals surface area contributed by atoms with E-state index in [9.17, 15) is 4.79 Å². The Kier molecular flexibility index (Phi) is 3.01. The predicted molar refractivity (Wildman–Crippen MR) is 54.5 cm³/mol. The lowest BCUT2D eigenvalue weighted by Crippen LogP contribution is -2.43. The molecule has 5 heteroatoms. The number of amides is 1. The van der Waals surface area contributed by atoms with E-state index in [2.05, 4.69) is 10.5 Å². The predicted octanol–water partition coefficient (Wildman–Crippen LogP) is 0.499. The lowest BCUT2D eigenvalue weighted by molar-refractivity contribution is 0.0661. The molecule has 0 atom stereocenters. The molecule has 0 spiro atoms. The minimum absolute atomic E-state index is 0.0839. The third-order valence-electron chi connectivity index (χ3n) is 2.83. The SMILES string of the molecule is CN(C(=O)c1ccno1)C1CCNCC1. The van der Waals surface area contributed by atoms with Crippen molar-refractivity contribution >= 4 is 5.91 Å². The van der Waals surface area contributed by atoms with Crippen LogP contribution < -0.4 is 5.32 Å². The minimum atomic E-state index is -0.0839. The molecule has 5 nitrogen and oxygen atoms in total. The molecule has 82 valence electrons. The van der Waals surface area contributed by atoms with Crippen molar-refractivity contribution < 1.29 is 9.32 Å². The van der Waals surface area contributed by atoms with Crippen molar-refractivity contribution in [3.63, 3.8) is 0 Å².